The van der Waals surface area contributed by atoms with Gasteiger partial charge < -0.3 is 16.0 Å². The second-order valence-electron chi connectivity index (χ2n) is 6.54. The van der Waals surface area contributed by atoms with Gasteiger partial charge in [-0.15, -0.1) is 0 Å². The Bertz CT molecular complexity index is 367. The predicted molar refractivity (Wildman–Crippen MR) is 82.5 cm³/mol. The molecule has 1 aliphatic heterocycles. The Kier molecular flexibility index (Phi) is 6.03. The zero-order valence-corrected chi connectivity index (χ0v) is 13.1. The molecular formula is C16H29N3O2. The summed E-state index contributed by atoms with van der Waals surface area (Å²) in [6, 6.07) is 0.129. The Labute approximate surface area is 127 Å². The highest BCUT2D eigenvalue weighted by Gasteiger charge is 2.32. The highest BCUT2D eigenvalue weighted by molar-refractivity contribution is 5.81. The Hall–Kier alpha value is -1.10. The van der Waals surface area contributed by atoms with Crippen molar-refractivity contribution in [3.05, 3.63) is 0 Å². The third kappa shape index (κ3) is 4.43. The summed E-state index contributed by atoms with van der Waals surface area (Å²) in [6.45, 7) is 4.27. The molecule has 1 saturated heterocycles. The molecule has 5 nitrogen and oxygen atoms in total. The summed E-state index contributed by atoms with van der Waals surface area (Å²) in [5, 5.41) is 2.93. The molecule has 3 unspecified atom stereocenters. The lowest BCUT2D eigenvalue weighted by atomic mass is 9.77. The average Bonchev–Trinajstić information content (AvgIpc) is 2.50. The van der Waals surface area contributed by atoms with Gasteiger partial charge in [0.1, 0.15) is 0 Å². The highest BCUT2D eigenvalue weighted by Crippen LogP contribution is 2.28. The minimum atomic E-state index is 0.0128. The summed E-state index contributed by atoms with van der Waals surface area (Å²) in [5.74, 6) is 0.489. The number of carbonyl (C=O) groups excluding carboxylic acids is 2. The normalized spacial score (nSPS) is 30.0. The van der Waals surface area contributed by atoms with E-state index < -0.39 is 0 Å². The van der Waals surface area contributed by atoms with Gasteiger partial charge in [0.2, 0.25) is 11.8 Å². The summed E-state index contributed by atoms with van der Waals surface area (Å²) >= 11 is 0. The molecule has 2 fully saturated rings. The predicted octanol–water partition coefficient (Wildman–Crippen LogP) is 1.27. The summed E-state index contributed by atoms with van der Waals surface area (Å²) in [5.41, 5.74) is 6.04. The third-order valence-electron chi connectivity index (χ3n) is 5.05. The molecule has 0 aromatic heterocycles. The van der Waals surface area contributed by atoms with Gasteiger partial charge >= 0.3 is 0 Å². The van der Waals surface area contributed by atoms with Crippen LogP contribution in [0.15, 0.2) is 0 Å². The van der Waals surface area contributed by atoms with Crippen LogP contribution in [0.1, 0.15) is 51.9 Å². The maximum Gasteiger partial charge on any atom is 0.224 e. The molecule has 3 N–H and O–H groups in total. The van der Waals surface area contributed by atoms with Crippen molar-refractivity contribution < 1.29 is 9.59 Å². The highest BCUT2D eigenvalue weighted by atomic mass is 16.2. The first kappa shape index (κ1) is 16.3. The second kappa shape index (κ2) is 7.78. The number of nitrogens with one attached hydrogen (secondary N) is 1. The first-order valence-electron chi connectivity index (χ1n) is 8.40. The van der Waals surface area contributed by atoms with E-state index in [2.05, 4.69) is 12.2 Å². The van der Waals surface area contributed by atoms with E-state index in [0.717, 1.165) is 45.2 Å². The summed E-state index contributed by atoms with van der Waals surface area (Å²) in [4.78, 5) is 26.2. The van der Waals surface area contributed by atoms with Crippen molar-refractivity contribution in [2.45, 2.75) is 57.9 Å². The van der Waals surface area contributed by atoms with Crippen molar-refractivity contribution in [3.63, 3.8) is 0 Å². The van der Waals surface area contributed by atoms with Crippen LogP contribution in [-0.4, -0.2) is 42.4 Å². The van der Waals surface area contributed by atoms with Crippen molar-refractivity contribution in [3.8, 4) is 0 Å². The standard InChI is InChI=1S/C16H29N3O2/c1-12-13(6-5-7-14(12)17)16(21)18-9-8-15(20)19-10-3-2-4-11-19/h12-14H,2-11,17H2,1H3,(H,18,21). The molecule has 0 spiro atoms. The number of nitrogens with two attached hydrogens (primary N) is 1. The van der Waals surface area contributed by atoms with Gasteiger partial charge in [-0.3, -0.25) is 9.59 Å². The number of likely N-dealkylation sites (tertiary alicyclic amines) is 1. The van der Waals surface area contributed by atoms with Crippen LogP contribution < -0.4 is 11.1 Å². The van der Waals surface area contributed by atoms with E-state index >= 15 is 0 Å². The van der Waals surface area contributed by atoms with Gasteiger partial charge in [0.15, 0.2) is 0 Å². The van der Waals surface area contributed by atoms with Gasteiger partial charge in [-0.2, -0.15) is 0 Å². The molecule has 0 bridgehead atoms. The molecule has 2 aliphatic rings. The molecule has 2 rings (SSSR count). The van der Waals surface area contributed by atoms with Crippen molar-refractivity contribution in [2.24, 2.45) is 17.6 Å². The number of nitrogens with zero attached hydrogens (tertiary/aromatic N) is 1. The fourth-order valence-electron chi connectivity index (χ4n) is 3.49. The number of piperidine rings is 1. The quantitative estimate of drug-likeness (QED) is 0.820. The lowest BCUT2D eigenvalue weighted by Gasteiger charge is -2.33. The Morgan fingerprint density at radius 2 is 1.86 bits per heavy atom. The SMILES string of the molecule is CC1C(N)CCCC1C(=O)NCCC(=O)N1CCCCC1. The molecule has 1 saturated carbocycles. The van der Waals surface area contributed by atoms with Crippen LogP contribution in [0, 0.1) is 11.8 Å². The molecule has 3 atom stereocenters. The van der Waals surface area contributed by atoms with E-state index in [4.69, 9.17) is 5.73 Å². The Morgan fingerprint density at radius 1 is 1.14 bits per heavy atom. The van der Waals surface area contributed by atoms with Crippen LogP contribution in [-0.2, 0) is 9.59 Å². The Morgan fingerprint density at radius 3 is 2.57 bits per heavy atom. The monoisotopic (exact) mass is 295 g/mol. The molecule has 0 radical (unpaired) electrons. The summed E-state index contributed by atoms with van der Waals surface area (Å²) in [7, 11) is 0. The number of hydrogen-bond donors (Lipinski definition) is 2. The molecule has 5 heteroatoms. The van der Waals surface area contributed by atoms with Crippen molar-refractivity contribution in [1.29, 1.82) is 0 Å². The van der Waals surface area contributed by atoms with Crippen molar-refractivity contribution in [1.82, 2.24) is 10.2 Å². The van der Waals surface area contributed by atoms with Crippen LogP contribution in [0.3, 0.4) is 0 Å². The molecule has 1 aliphatic carbocycles. The number of amides is 2. The molecule has 120 valence electrons. The third-order valence-corrected chi connectivity index (χ3v) is 5.05. The first-order chi connectivity index (χ1) is 10.1. The zero-order valence-electron chi connectivity index (χ0n) is 13.1. The maximum atomic E-state index is 12.2. The van der Waals surface area contributed by atoms with Crippen LogP contribution in [0.2, 0.25) is 0 Å². The first-order valence-corrected chi connectivity index (χ1v) is 8.40. The van der Waals surface area contributed by atoms with Gasteiger partial charge in [0.05, 0.1) is 0 Å². The number of carbonyl (C=O) groups is 2. The molecular weight excluding hydrogens is 266 g/mol. The van der Waals surface area contributed by atoms with Gasteiger partial charge in [-0.25, -0.2) is 0 Å². The van der Waals surface area contributed by atoms with Crippen molar-refractivity contribution in [2.75, 3.05) is 19.6 Å². The van der Waals surface area contributed by atoms with E-state index in [0.29, 0.717) is 13.0 Å². The average molecular weight is 295 g/mol. The van der Waals surface area contributed by atoms with Crippen molar-refractivity contribution >= 4 is 11.8 Å². The van der Waals surface area contributed by atoms with Gasteiger partial charge in [-0.1, -0.05) is 13.3 Å². The van der Waals surface area contributed by atoms with Crippen LogP contribution in [0.4, 0.5) is 0 Å². The molecule has 0 aromatic carbocycles. The van der Waals surface area contributed by atoms with Crippen LogP contribution in [0.5, 0.6) is 0 Å². The lowest BCUT2D eigenvalue weighted by molar-refractivity contribution is -0.132. The summed E-state index contributed by atoms with van der Waals surface area (Å²) < 4.78 is 0. The smallest absolute Gasteiger partial charge is 0.224 e. The summed E-state index contributed by atoms with van der Waals surface area (Å²) in [6.07, 6.45) is 6.81. The van der Waals surface area contributed by atoms with Crippen LogP contribution >= 0.6 is 0 Å². The van der Waals surface area contributed by atoms with Gasteiger partial charge in [0, 0.05) is 38.0 Å². The minimum absolute atomic E-state index is 0.0128. The molecule has 21 heavy (non-hydrogen) atoms. The van der Waals surface area contributed by atoms with Gasteiger partial charge in [-0.05, 0) is 38.0 Å². The number of hydrogen-bond acceptors (Lipinski definition) is 3. The fraction of sp³-hybridized carbons (Fsp3) is 0.875. The van der Waals surface area contributed by atoms with E-state index in [1.807, 2.05) is 4.90 Å². The molecule has 0 aromatic rings. The largest absolute Gasteiger partial charge is 0.355 e. The zero-order chi connectivity index (χ0) is 15.2. The number of rotatable bonds is 4. The van der Waals surface area contributed by atoms with Gasteiger partial charge in [0.25, 0.3) is 0 Å². The van der Waals surface area contributed by atoms with Crippen LogP contribution in [0.25, 0.3) is 0 Å². The molecule has 1 heterocycles. The van der Waals surface area contributed by atoms with E-state index in [1.165, 1.54) is 6.42 Å². The van der Waals surface area contributed by atoms with E-state index in [1.54, 1.807) is 0 Å². The lowest BCUT2D eigenvalue weighted by Crippen LogP contribution is -2.45. The molecule has 2 amide bonds. The van der Waals surface area contributed by atoms with E-state index in [9.17, 15) is 9.59 Å². The second-order valence-corrected chi connectivity index (χ2v) is 6.54. The topological polar surface area (TPSA) is 75.4 Å². The fourth-order valence-corrected chi connectivity index (χ4v) is 3.49. The minimum Gasteiger partial charge on any atom is -0.355 e. The Balaban J connectivity index is 1.70. The maximum absolute atomic E-state index is 12.2. The van der Waals surface area contributed by atoms with E-state index in [-0.39, 0.29) is 29.7 Å².